The zero-order valence-electron chi connectivity index (χ0n) is 38.9. The zero-order valence-corrected chi connectivity index (χ0v) is 39.8. The second kappa shape index (κ2) is 40.9. The van der Waals surface area contributed by atoms with Crippen molar-refractivity contribution in [2.24, 2.45) is 0 Å². The van der Waals surface area contributed by atoms with Crippen LogP contribution in [0, 0.1) is 0 Å². The number of nitrogens with zero attached hydrogens (tertiary/aromatic N) is 1. The highest BCUT2D eigenvalue weighted by Crippen LogP contribution is 2.43. The standard InChI is InChI=1S/C48H99N2O6P/c1-6-8-10-12-14-16-17-18-19-20-21-22-23-24-25-26-27-28-29-30-31-32-34-35-37-39-41-47(51)46(45-56-57(53,54)55-44-43-50(3,4)5)49-48(52)42-40-38-36-33-15-13-11-9-7-2/h46-47,51H,6-45H2,1-5H3,(H-,49,52,53,54)/p+1. The molecule has 3 N–H and O–H groups in total. The van der Waals surface area contributed by atoms with Crippen LogP contribution in [0.15, 0.2) is 0 Å². The Morgan fingerprint density at radius 1 is 0.526 bits per heavy atom. The van der Waals surface area contributed by atoms with Crippen LogP contribution in [0.5, 0.6) is 0 Å². The number of aliphatic hydroxyl groups is 1. The van der Waals surface area contributed by atoms with E-state index in [4.69, 9.17) is 9.05 Å². The van der Waals surface area contributed by atoms with E-state index in [1.165, 1.54) is 186 Å². The highest BCUT2D eigenvalue weighted by atomic mass is 31.2. The maximum Gasteiger partial charge on any atom is 0.472 e. The molecule has 0 rings (SSSR count). The van der Waals surface area contributed by atoms with Crippen molar-refractivity contribution < 1.29 is 32.9 Å². The van der Waals surface area contributed by atoms with Crippen molar-refractivity contribution in [2.75, 3.05) is 40.9 Å². The molecule has 0 aromatic heterocycles. The van der Waals surface area contributed by atoms with Crippen molar-refractivity contribution in [3.8, 4) is 0 Å². The number of hydrogen-bond acceptors (Lipinski definition) is 5. The van der Waals surface area contributed by atoms with E-state index in [0.29, 0.717) is 23.9 Å². The van der Waals surface area contributed by atoms with Crippen molar-refractivity contribution in [3.05, 3.63) is 0 Å². The smallest absolute Gasteiger partial charge is 0.391 e. The lowest BCUT2D eigenvalue weighted by Crippen LogP contribution is -2.46. The summed E-state index contributed by atoms with van der Waals surface area (Å²) in [5.74, 6) is -0.144. The minimum atomic E-state index is -4.30. The number of rotatable bonds is 46. The van der Waals surface area contributed by atoms with Gasteiger partial charge < -0.3 is 19.8 Å². The van der Waals surface area contributed by atoms with Gasteiger partial charge in [-0.2, -0.15) is 0 Å². The van der Waals surface area contributed by atoms with Crippen LogP contribution in [0.3, 0.4) is 0 Å². The van der Waals surface area contributed by atoms with Crippen LogP contribution in [-0.4, -0.2) is 73.4 Å². The summed E-state index contributed by atoms with van der Waals surface area (Å²) in [6, 6.07) is -0.752. The summed E-state index contributed by atoms with van der Waals surface area (Å²) in [7, 11) is 1.63. The monoisotopic (exact) mass is 832 g/mol. The second-order valence-corrected chi connectivity index (χ2v) is 20.0. The third-order valence-corrected chi connectivity index (χ3v) is 12.6. The lowest BCUT2D eigenvalue weighted by atomic mass is 10.0. The van der Waals surface area contributed by atoms with Crippen molar-refractivity contribution >= 4 is 13.7 Å². The van der Waals surface area contributed by atoms with E-state index in [9.17, 15) is 19.4 Å². The largest absolute Gasteiger partial charge is 0.472 e. The molecule has 3 unspecified atom stereocenters. The van der Waals surface area contributed by atoms with Crippen LogP contribution in [-0.2, 0) is 18.4 Å². The number of carbonyl (C=O) groups excluding carboxylic acids is 1. The van der Waals surface area contributed by atoms with E-state index >= 15 is 0 Å². The number of phosphoric ester groups is 1. The van der Waals surface area contributed by atoms with Crippen LogP contribution < -0.4 is 5.32 Å². The van der Waals surface area contributed by atoms with Crippen LogP contribution in [0.25, 0.3) is 0 Å². The molecular formula is C48H100N2O6P+. The molecule has 342 valence electrons. The molecule has 0 aliphatic rings. The molecule has 3 atom stereocenters. The summed E-state index contributed by atoms with van der Waals surface area (Å²) in [5.41, 5.74) is 0. The molecule has 9 heteroatoms. The summed E-state index contributed by atoms with van der Waals surface area (Å²) in [6.45, 7) is 4.89. The Labute approximate surface area is 355 Å². The molecule has 0 saturated heterocycles. The molecule has 0 heterocycles. The van der Waals surface area contributed by atoms with Crippen molar-refractivity contribution in [2.45, 2.75) is 264 Å². The Morgan fingerprint density at radius 3 is 1.18 bits per heavy atom. The Kier molecular flexibility index (Phi) is 40.5. The number of quaternary nitrogens is 1. The highest BCUT2D eigenvalue weighted by molar-refractivity contribution is 7.47. The molecule has 57 heavy (non-hydrogen) atoms. The topological polar surface area (TPSA) is 105 Å². The summed E-state index contributed by atoms with van der Waals surface area (Å²) in [6.07, 6.45) is 45.9. The summed E-state index contributed by atoms with van der Waals surface area (Å²) in [5, 5.41) is 14.0. The van der Waals surface area contributed by atoms with Gasteiger partial charge in [-0.05, 0) is 12.8 Å². The lowest BCUT2D eigenvalue weighted by Gasteiger charge is -2.26. The van der Waals surface area contributed by atoms with Gasteiger partial charge in [0.1, 0.15) is 13.2 Å². The fraction of sp³-hybridized carbons (Fsp3) is 0.979. The van der Waals surface area contributed by atoms with Crippen LogP contribution in [0.1, 0.15) is 251 Å². The molecule has 0 aliphatic carbocycles. The van der Waals surface area contributed by atoms with Crippen molar-refractivity contribution in [1.82, 2.24) is 5.32 Å². The minimum Gasteiger partial charge on any atom is -0.391 e. The predicted octanol–water partition coefficient (Wildman–Crippen LogP) is 14.1. The number of phosphoric acid groups is 1. The second-order valence-electron chi connectivity index (χ2n) is 18.6. The molecule has 0 bridgehead atoms. The van der Waals surface area contributed by atoms with E-state index < -0.39 is 20.0 Å². The molecule has 0 spiro atoms. The van der Waals surface area contributed by atoms with Crippen molar-refractivity contribution in [1.29, 1.82) is 0 Å². The molecular weight excluding hydrogens is 732 g/mol. The number of unbranched alkanes of at least 4 members (excludes halogenated alkanes) is 33. The fourth-order valence-corrected chi connectivity index (χ4v) is 8.37. The molecule has 0 aromatic rings. The first-order valence-corrected chi connectivity index (χ1v) is 26.4. The maximum atomic E-state index is 12.8. The van der Waals surface area contributed by atoms with Gasteiger partial charge in [-0.25, -0.2) is 4.57 Å². The third-order valence-electron chi connectivity index (χ3n) is 11.6. The first-order chi connectivity index (χ1) is 27.5. The SMILES string of the molecule is CCCCCCCCCCCCCCCCCCCCCCCCCCCCC(O)C(COP(=O)(O)OCC[N+](C)(C)C)NC(=O)CCCCCCCCCCC. The van der Waals surface area contributed by atoms with E-state index in [-0.39, 0.29) is 19.1 Å². The molecule has 8 nitrogen and oxygen atoms in total. The zero-order chi connectivity index (χ0) is 42.1. The van der Waals surface area contributed by atoms with E-state index in [0.717, 1.165) is 38.5 Å². The molecule has 1 amide bonds. The first-order valence-electron chi connectivity index (χ1n) is 24.9. The highest BCUT2D eigenvalue weighted by Gasteiger charge is 2.28. The van der Waals surface area contributed by atoms with E-state index in [1.54, 1.807) is 0 Å². The van der Waals surface area contributed by atoms with E-state index in [2.05, 4.69) is 19.2 Å². The van der Waals surface area contributed by atoms with Crippen molar-refractivity contribution in [3.63, 3.8) is 0 Å². The van der Waals surface area contributed by atoms with Gasteiger partial charge in [0.25, 0.3) is 0 Å². The summed E-state index contributed by atoms with van der Waals surface area (Å²) < 4.78 is 23.6. The van der Waals surface area contributed by atoms with Gasteiger partial charge in [0, 0.05) is 6.42 Å². The third kappa shape index (κ3) is 43.4. The van der Waals surface area contributed by atoms with Gasteiger partial charge in [0.15, 0.2) is 0 Å². The summed E-state index contributed by atoms with van der Waals surface area (Å²) in [4.78, 5) is 23.1. The molecule has 0 fully saturated rings. The number of hydrogen-bond donors (Lipinski definition) is 3. The first kappa shape index (κ1) is 56.5. The average Bonchev–Trinajstić information content (AvgIpc) is 3.16. The average molecular weight is 832 g/mol. The molecule has 0 aliphatic heterocycles. The molecule has 0 saturated carbocycles. The van der Waals surface area contributed by atoms with Crippen LogP contribution in [0.2, 0.25) is 0 Å². The number of likely N-dealkylation sites (N-methyl/N-ethyl adjacent to an activating group) is 1. The number of nitrogens with one attached hydrogen (secondary N) is 1. The number of amides is 1. The number of aliphatic hydroxyl groups excluding tert-OH is 1. The van der Waals surface area contributed by atoms with Gasteiger partial charge in [0.2, 0.25) is 5.91 Å². The van der Waals surface area contributed by atoms with Gasteiger partial charge >= 0.3 is 7.82 Å². The van der Waals surface area contributed by atoms with E-state index in [1.807, 2.05) is 21.1 Å². The minimum absolute atomic E-state index is 0.0784. The van der Waals surface area contributed by atoms with Crippen LogP contribution >= 0.6 is 7.82 Å². The van der Waals surface area contributed by atoms with Gasteiger partial charge in [-0.3, -0.25) is 13.8 Å². The van der Waals surface area contributed by atoms with Gasteiger partial charge in [-0.1, -0.05) is 232 Å². The van der Waals surface area contributed by atoms with Gasteiger partial charge in [0.05, 0.1) is 39.9 Å². The maximum absolute atomic E-state index is 12.8. The lowest BCUT2D eigenvalue weighted by molar-refractivity contribution is -0.870. The number of carbonyl (C=O) groups is 1. The Bertz CT molecular complexity index is 901. The van der Waals surface area contributed by atoms with Gasteiger partial charge in [-0.15, -0.1) is 0 Å². The Morgan fingerprint density at radius 2 is 0.842 bits per heavy atom. The quantitative estimate of drug-likeness (QED) is 0.0321. The summed E-state index contributed by atoms with van der Waals surface area (Å²) >= 11 is 0. The fourth-order valence-electron chi connectivity index (χ4n) is 7.64. The Hall–Kier alpha value is -0.500. The molecule has 0 radical (unpaired) electrons. The predicted molar refractivity (Wildman–Crippen MR) is 245 cm³/mol. The van der Waals surface area contributed by atoms with Crippen LogP contribution in [0.4, 0.5) is 0 Å². The Balaban J connectivity index is 4.05. The normalized spacial score (nSPS) is 14.2. The molecule has 0 aromatic carbocycles.